The van der Waals surface area contributed by atoms with Gasteiger partial charge in [0.1, 0.15) is 5.76 Å². The maximum Gasteiger partial charge on any atom is 0.164 e. The Morgan fingerprint density at radius 3 is 2.79 bits per heavy atom. The number of nitrogens with zero attached hydrogens (tertiary/aromatic N) is 1. The minimum absolute atomic E-state index is 0.830. The maximum absolute atomic E-state index is 5.42. The first-order chi connectivity index (χ1) is 6.68. The summed E-state index contributed by atoms with van der Waals surface area (Å²) in [5.74, 6) is 1.01. The Balaban J connectivity index is 2.04. The first-order valence-electron chi connectivity index (χ1n) is 4.78. The van der Waals surface area contributed by atoms with Crippen LogP contribution >= 0.6 is 22.6 Å². The maximum atomic E-state index is 5.42. The first-order valence-corrected chi connectivity index (χ1v) is 5.86. The van der Waals surface area contributed by atoms with E-state index in [0.29, 0.717) is 0 Å². The number of hydrogen-bond donors (Lipinski definition) is 1. The van der Waals surface area contributed by atoms with Crippen molar-refractivity contribution in [1.82, 2.24) is 10.2 Å². The number of rotatable bonds is 6. The van der Waals surface area contributed by atoms with E-state index in [1.54, 1.807) is 0 Å². The molecule has 0 saturated heterocycles. The fraction of sp³-hybridized carbons (Fsp3) is 0.600. The molecule has 1 aromatic rings. The van der Waals surface area contributed by atoms with Crippen LogP contribution in [0.15, 0.2) is 16.5 Å². The highest BCUT2D eigenvalue weighted by molar-refractivity contribution is 14.1. The van der Waals surface area contributed by atoms with Gasteiger partial charge in [-0.2, -0.15) is 0 Å². The van der Waals surface area contributed by atoms with E-state index in [4.69, 9.17) is 4.42 Å². The smallest absolute Gasteiger partial charge is 0.164 e. The Hall–Kier alpha value is -0.0700. The molecule has 3 nitrogen and oxygen atoms in total. The van der Waals surface area contributed by atoms with Crippen LogP contribution in [0.25, 0.3) is 0 Å². The molecule has 0 atom stereocenters. The largest absolute Gasteiger partial charge is 0.454 e. The third kappa shape index (κ3) is 4.97. The molecule has 4 heteroatoms. The molecule has 1 rings (SSSR count). The van der Waals surface area contributed by atoms with E-state index < -0.39 is 0 Å². The van der Waals surface area contributed by atoms with E-state index in [0.717, 1.165) is 29.2 Å². The molecule has 0 saturated carbocycles. The summed E-state index contributed by atoms with van der Waals surface area (Å²) >= 11 is 2.18. The molecule has 0 radical (unpaired) electrons. The second kappa shape index (κ2) is 6.42. The van der Waals surface area contributed by atoms with E-state index in [1.807, 2.05) is 12.1 Å². The summed E-state index contributed by atoms with van der Waals surface area (Å²) in [7, 11) is 4.18. The zero-order chi connectivity index (χ0) is 10.4. The summed E-state index contributed by atoms with van der Waals surface area (Å²) in [4.78, 5) is 2.19. The van der Waals surface area contributed by atoms with Crippen molar-refractivity contribution in [1.29, 1.82) is 0 Å². The van der Waals surface area contributed by atoms with E-state index in [-0.39, 0.29) is 0 Å². The van der Waals surface area contributed by atoms with Crippen molar-refractivity contribution in [2.45, 2.75) is 13.0 Å². The third-order valence-electron chi connectivity index (χ3n) is 1.89. The summed E-state index contributed by atoms with van der Waals surface area (Å²) < 4.78 is 6.38. The number of halogens is 1. The summed E-state index contributed by atoms with van der Waals surface area (Å²) in [6.45, 7) is 2.99. The van der Waals surface area contributed by atoms with Crippen molar-refractivity contribution in [3.8, 4) is 0 Å². The van der Waals surface area contributed by atoms with Crippen molar-refractivity contribution < 1.29 is 4.42 Å². The predicted octanol–water partition coefficient (Wildman–Crippen LogP) is 1.93. The number of nitrogens with one attached hydrogen (secondary N) is 1. The first kappa shape index (κ1) is 12.0. The second-order valence-corrected chi connectivity index (χ2v) is 4.60. The fourth-order valence-corrected chi connectivity index (χ4v) is 1.64. The molecule has 0 aliphatic rings. The van der Waals surface area contributed by atoms with Crippen LogP contribution in [0.1, 0.15) is 12.2 Å². The SMILES string of the molecule is CN(C)CCCNCc1ccc(I)o1. The molecular formula is C10H17IN2O. The van der Waals surface area contributed by atoms with Gasteiger partial charge in [0.25, 0.3) is 0 Å². The Kier molecular flexibility index (Phi) is 5.50. The van der Waals surface area contributed by atoms with Gasteiger partial charge >= 0.3 is 0 Å². The van der Waals surface area contributed by atoms with Crippen LogP contribution in [0.3, 0.4) is 0 Å². The zero-order valence-corrected chi connectivity index (χ0v) is 10.9. The van der Waals surface area contributed by atoms with E-state index in [2.05, 4.69) is 46.9 Å². The molecular weight excluding hydrogens is 291 g/mol. The molecule has 0 unspecified atom stereocenters. The Morgan fingerprint density at radius 1 is 1.43 bits per heavy atom. The van der Waals surface area contributed by atoms with Gasteiger partial charge in [-0.05, 0) is 68.3 Å². The van der Waals surface area contributed by atoms with Crippen LogP contribution in [-0.4, -0.2) is 32.1 Å². The van der Waals surface area contributed by atoms with Gasteiger partial charge in [0.05, 0.1) is 6.54 Å². The van der Waals surface area contributed by atoms with Crippen molar-refractivity contribution in [3.63, 3.8) is 0 Å². The van der Waals surface area contributed by atoms with Gasteiger partial charge in [0, 0.05) is 0 Å². The molecule has 0 fully saturated rings. The molecule has 1 heterocycles. The molecule has 1 aromatic heterocycles. The highest BCUT2D eigenvalue weighted by atomic mass is 127. The van der Waals surface area contributed by atoms with Gasteiger partial charge < -0.3 is 14.6 Å². The number of hydrogen-bond acceptors (Lipinski definition) is 3. The molecule has 0 amide bonds. The van der Waals surface area contributed by atoms with Crippen LogP contribution in [-0.2, 0) is 6.54 Å². The standard InChI is InChI=1S/C10H17IN2O/c1-13(2)7-3-6-12-8-9-4-5-10(11)14-9/h4-5,12H,3,6-8H2,1-2H3. The van der Waals surface area contributed by atoms with Crippen LogP contribution in [0, 0.1) is 3.77 Å². The second-order valence-electron chi connectivity index (χ2n) is 3.54. The van der Waals surface area contributed by atoms with Crippen LogP contribution in [0.5, 0.6) is 0 Å². The van der Waals surface area contributed by atoms with Gasteiger partial charge in [0.15, 0.2) is 3.77 Å². The fourth-order valence-electron chi connectivity index (χ4n) is 1.18. The molecule has 80 valence electrons. The molecule has 14 heavy (non-hydrogen) atoms. The summed E-state index contributed by atoms with van der Waals surface area (Å²) in [5.41, 5.74) is 0. The summed E-state index contributed by atoms with van der Waals surface area (Å²) in [6.07, 6.45) is 1.17. The Morgan fingerprint density at radius 2 is 2.21 bits per heavy atom. The lowest BCUT2D eigenvalue weighted by atomic mass is 10.4. The van der Waals surface area contributed by atoms with Crippen molar-refractivity contribution in [2.24, 2.45) is 0 Å². The van der Waals surface area contributed by atoms with E-state index in [9.17, 15) is 0 Å². The van der Waals surface area contributed by atoms with Gasteiger partial charge in [-0.15, -0.1) is 0 Å². The molecule has 0 spiro atoms. The van der Waals surface area contributed by atoms with Gasteiger partial charge in [-0.25, -0.2) is 0 Å². The monoisotopic (exact) mass is 308 g/mol. The van der Waals surface area contributed by atoms with Gasteiger partial charge in [-0.1, -0.05) is 0 Å². The molecule has 0 aromatic carbocycles. The lowest BCUT2D eigenvalue weighted by molar-refractivity contribution is 0.389. The molecule has 0 bridgehead atoms. The Bertz CT molecular complexity index is 260. The minimum atomic E-state index is 0.830. The van der Waals surface area contributed by atoms with Crippen molar-refractivity contribution in [3.05, 3.63) is 21.7 Å². The van der Waals surface area contributed by atoms with E-state index >= 15 is 0 Å². The zero-order valence-electron chi connectivity index (χ0n) is 8.72. The molecule has 1 N–H and O–H groups in total. The van der Waals surface area contributed by atoms with Crippen molar-refractivity contribution in [2.75, 3.05) is 27.2 Å². The topological polar surface area (TPSA) is 28.4 Å². The lowest BCUT2D eigenvalue weighted by Crippen LogP contribution is -2.20. The highest BCUT2D eigenvalue weighted by Crippen LogP contribution is 2.09. The number of furan rings is 1. The van der Waals surface area contributed by atoms with E-state index in [1.165, 1.54) is 6.42 Å². The van der Waals surface area contributed by atoms with Crippen LogP contribution in [0.2, 0.25) is 0 Å². The molecule has 0 aliphatic heterocycles. The predicted molar refractivity (Wildman–Crippen MR) is 66.3 cm³/mol. The summed E-state index contributed by atoms with van der Waals surface area (Å²) in [6, 6.07) is 4.00. The minimum Gasteiger partial charge on any atom is -0.454 e. The lowest BCUT2D eigenvalue weighted by Gasteiger charge is -2.08. The average Bonchev–Trinajstić information content (AvgIpc) is 2.50. The Labute approximate surface area is 99.0 Å². The van der Waals surface area contributed by atoms with Gasteiger partial charge in [0.2, 0.25) is 0 Å². The van der Waals surface area contributed by atoms with Gasteiger partial charge in [-0.3, -0.25) is 0 Å². The third-order valence-corrected chi connectivity index (χ3v) is 2.47. The molecule has 0 aliphatic carbocycles. The van der Waals surface area contributed by atoms with Crippen LogP contribution < -0.4 is 5.32 Å². The van der Waals surface area contributed by atoms with Crippen LogP contribution in [0.4, 0.5) is 0 Å². The summed E-state index contributed by atoms with van der Waals surface area (Å²) in [5, 5.41) is 3.35. The normalized spacial score (nSPS) is 11.1. The van der Waals surface area contributed by atoms with Crippen molar-refractivity contribution >= 4 is 22.6 Å². The average molecular weight is 308 g/mol. The highest BCUT2D eigenvalue weighted by Gasteiger charge is 1.98. The quantitative estimate of drug-likeness (QED) is 0.643.